The maximum atomic E-state index is 12.3. The van der Waals surface area contributed by atoms with Crippen LogP contribution in [0.1, 0.15) is 60.3 Å². The van der Waals surface area contributed by atoms with E-state index >= 15 is 0 Å². The molecule has 1 N–H and O–H groups in total. The Morgan fingerprint density at radius 1 is 1.25 bits per heavy atom. The van der Waals surface area contributed by atoms with Crippen LogP contribution >= 0.6 is 0 Å². The van der Waals surface area contributed by atoms with E-state index in [0.717, 1.165) is 32.2 Å². The maximum Gasteiger partial charge on any atom is 0.227 e. The Balaban J connectivity index is 2.60. The second-order valence-electron chi connectivity index (χ2n) is 6.86. The van der Waals surface area contributed by atoms with Crippen LogP contribution in [0.2, 0.25) is 0 Å². The first-order chi connectivity index (χ1) is 9.29. The minimum Gasteiger partial charge on any atom is -0.353 e. The lowest BCUT2D eigenvalue weighted by atomic mass is 9.90. The predicted octanol–water partition coefficient (Wildman–Crippen LogP) is 2.58. The molecule has 1 aliphatic rings. The van der Waals surface area contributed by atoms with E-state index in [9.17, 15) is 9.59 Å². The summed E-state index contributed by atoms with van der Waals surface area (Å²) in [6.45, 7) is 11.3. The summed E-state index contributed by atoms with van der Waals surface area (Å²) in [5.41, 5.74) is -0.367. The molecule has 1 saturated heterocycles. The molecule has 4 nitrogen and oxygen atoms in total. The number of hydrogen-bond acceptors (Lipinski definition) is 2. The summed E-state index contributed by atoms with van der Waals surface area (Å²) in [6, 6.07) is 0.260. The number of carbonyl (C=O) groups excluding carboxylic acids is 2. The number of nitrogens with one attached hydrogen (secondary N) is 1. The van der Waals surface area contributed by atoms with Gasteiger partial charge in [-0.3, -0.25) is 9.59 Å². The van der Waals surface area contributed by atoms with Gasteiger partial charge in [-0.2, -0.15) is 0 Å². The van der Waals surface area contributed by atoms with Crippen LogP contribution in [0.3, 0.4) is 0 Å². The number of carbonyl (C=O) groups is 2. The fourth-order valence-corrected chi connectivity index (χ4v) is 2.66. The van der Waals surface area contributed by atoms with Gasteiger partial charge in [0.2, 0.25) is 11.8 Å². The van der Waals surface area contributed by atoms with E-state index in [1.54, 1.807) is 0 Å². The van der Waals surface area contributed by atoms with Gasteiger partial charge >= 0.3 is 0 Å². The van der Waals surface area contributed by atoms with Crippen molar-refractivity contribution in [1.82, 2.24) is 10.2 Å². The quantitative estimate of drug-likeness (QED) is 0.861. The Hall–Kier alpha value is -1.06. The Morgan fingerprint density at radius 2 is 1.85 bits per heavy atom. The van der Waals surface area contributed by atoms with Gasteiger partial charge in [-0.1, -0.05) is 34.6 Å². The van der Waals surface area contributed by atoms with Gasteiger partial charge < -0.3 is 10.2 Å². The molecule has 2 amide bonds. The van der Waals surface area contributed by atoms with Crippen LogP contribution in [0.15, 0.2) is 0 Å². The highest BCUT2D eigenvalue weighted by atomic mass is 16.2. The van der Waals surface area contributed by atoms with Gasteiger partial charge in [0.15, 0.2) is 0 Å². The molecule has 0 aromatic carbocycles. The van der Waals surface area contributed by atoms with Crippen molar-refractivity contribution in [3.05, 3.63) is 0 Å². The molecule has 0 aliphatic carbocycles. The SMILES string of the molecule is CCC(CC)NC(=O)[C@H]1CCCN(C(=O)C(C)(C)C)C1. The normalized spacial score (nSPS) is 20.1. The topological polar surface area (TPSA) is 49.4 Å². The second-order valence-corrected chi connectivity index (χ2v) is 6.86. The summed E-state index contributed by atoms with van der Waals surface area (Å²) < 4.78 is 0. The Kier molecular flexibility index (Phi) is 6.03. The third-order valence-electron chi connectivity index (χ3n) is 4.05. The fraction of sp³-hybridized carbons (Fsp3) is 0.875. The molecular weight excluding hydrogens is 252 g/mol. The molecule has 116 valence electrons. The van der Waals surface area contributed by atoms with Crippen molar-refractivity contribution in [2.24, 2.45) is 11.3 Å². The van der Waals surface area contributed by atoms with Crippen LogP contribution in [-0.2, 0) is 9.59 Å². The minimum absolute atomic E-state index is 0.0457. The Bertz CT molecular complexity index is 343. The lowest BCUT2D eigenvalue weighted by Crippen LogP contribution is -2.49. The number of rotatable bonds is 4. The van der Waals surface area contributed by atoms with Crippen molar-refractivity contribution in [2.45, 2.75) is 66.3 Å². The summed E-state index contributed by atoms with van der Waals surface area (Å²) in [6.07, 6.45) is 3.72. The van der Waals surface area contributed by atoms with E-state index in [1.165, 1.54) is 0 Å². The number of amides is 2. The molecule has 1 heterocycles. The molecule has 4 heteroatoms. The number of piperidine rings is 1. The molecule has 0 unspecified atom stereocenters. The van der Waals surface area contributed by atoms with E-state index in [0.29, 0.717) is 6.54 Å². The predicted molar refractivity (Wildman–Crippen MR) is 81.3 cm³/mol. The largest absolute Gasteiger partial charge is 0.353 e. The van der Waals surface area contributed by atoms with Crippen LogP contribution in [0.25, 0.3) is 0 Å². The van der Waals surface area contributed by atoms with Gasteiger partial charge in [-0.25, -0.2) is 0 Å². The van der Waals surface area contributed by atoms with Crippen molar-refractivity contribution in [2.75, 3.05) is 13.1 Å². The molecule has 20 heavy (non-hydrogen) atoms. The van der Waals surface area contributed by atoms with Gasteiger partial charge in [0.1, 0.15) is 0 Å². The molecule has 0 aromatic heterocycles. The number of likely N-dealkylation sites (tertiary alicyclic amines) is 1. The zero-order chi connectivity index (χ0) is 15.3. The molecule has 0 radical (unpaired) electrons. The molecule has 0 saturated carbocycles. The molecule has 1 rings (SSSR count). The first-order valence-electron chi connectivity index (χ1n) is 7.89. The van der Waals surface area contributed by atoms with E-state index in [-0.39, 0.29) is 29.2 Å². The zero-order valence-corrected chi connectivity index (χ0v) is 13.7. The highest BCUT2D eigenvalue weighted by Crippen LogP contribution is 2.23. The summed E-state index contributed by atoms with van der Waals surface area (Å²) in [5.74, 6) is 0.221. The van der Waals surface area contributed by atoms with Crippen LogP contribution in [-0.4, -0.2) is 35.8 Å². The lowest BCUT2D eigenvalue weighted by Gasteiger charge is -2.36. The van der Waals surface area contributed by atoms with Crippen molar-refractivity contribution in [3.8, 4) is 0 Å². The van der Waals surface area contributed by atoms with Crippen LogP contribution in [0, 0.1) is 11.3 Å². The highest BCUT2D eigenvalue weighted by molar-refractivity contribution is 5.84. The maximum absolute atomic E-state index is 12.3. The monoisotopic (exact) mass is 282 g/mol. The smallest absolute Gasteiger partial charge is 0.227 e. The van der Waals surface area contributed by atoms with Crippen molar-refractivity contribution in [3.63, 3.8) is 0 Å². The van der Waals surface area contributed by atoms with E-state index in [2.05, 4.69) is 19.2 Å². The van der Waals surface area contributed by atoms with E-state index in [1.807, 2.05) is 25.7 Å². The van der Waals surface area contributed by atoms with Crippen LogP contribution in [0.5, 0.6) is 0 Å². The minimum atomic E-state index is -0.367. The first-order valence-corrected chi connectivity index (χ1v) is 7.89. The molecule has 0 bridgehead atoms. The van der Waals surface area contributed by atoms with Crippen molar-refractivity contribution >= 4 is 11.8 Å². The third-order valence-corrected chi connectivity index (χ3v) is 4.05. The van der Waals surface area contributed by atoms with E-state index in [4.69, 9.17) is 0 Å². The van der Waals surface area contributed by atoms with Gasteiger partial charge in [0.25, 0.3) is 0 Å². The van der Waals surface area contributed by atoms with Crippen molar-refractivity contribution in [1.29, 1.82) is 0 Å². The summed E-state index contributed by atoms with van der Waals surface area (Å²) in [4.78, 5) is 26.5. The van der Waals surface area contributed by atoms with Gasteiger partial charge in [0, 0.05) is 24.5 Å². The molecule has 0 spiro atoms. The standard InChI is InChI=1S/C16H30N2O2/c1-6-13(7-2)17-14(19)12-9-8-10-18(11-12)15(20)16(3,4)5/h12-13H,6-11H2,1-5H3,(H,17,19)/t12-/m0/s1. The first kappa shape index (κ1) is 17.0. The Morgan fingerprint density at radius 3 is 2.35 bits per heavy atom. The zero-order valence-electron chi connectivity index (χ0n) is 13.7. The average Bonchev–Trinajstić information content (AvgIpc) is 2.42. The second kappa shape index (κ2) is 7.09. The van der Waals surface area contributed by atoms with E-state index < -0.39 is 0 Å². The highest BCUT2D eigenvalue weighted by Gasteiger charge is 2.33. The third kappa shape index (κ3) is 4.50. The fourth-order valence-electron chi connectivity index (χ4n) is 2.66. The molecule has 1 aliphatic heterocycles. The van der Waals surface area contributed by atoms with Crippen LogP contribution < -0.4 is 5.32 Å². The van der Waals surface area contributed by atoms with Crippen molar-refractivity contribution < 1.29 is 9.59 Å². The number of hydrogen-bond donors (Lipinski definition) is 1. The summed E-state index contributed by atoms with van der Waals surface area (Å²) in [5, 5.41) is 3.11. The summed E-state index contributed by atoms with van der Waals surface area (Å²) >= 11 is 0. The molecular formula is C16H30N2O2. The lowest BCUT2D eigenvalue weighted by molar-refractivity contribution is -0.142. The molecule has 1 fully saturated rings. The van der Waals surface area contributed by atoms with Gasteiger partial charge in [-0.15, -0.1) is 0 Å². The number of nitrogens with zero attached hydrogens (tertiary/aromatic N) is 1. The molecule has 0 aromatic rings. The Labute approximate surface area is 123 Å². The molecule has 1 atom stereocenters. The summed E-state index contributed by atoms with van der Waals surface area (Å²) in [7, 11) is 0. The average molecular weight is 282 g/mol. The van der Waals surface area contributed by atoms with Gasteiger partial charge in [0.05, 0.1) is 5.92 Å². The van der Waals surface area contributed by atoms with Gasteiger partial charge in [-0.05, 0) is 25.7 Å². The van der Waals surface area contributed by atoms with Crippen LogP contribution in [0.4, 0.5) is 0 Å².